The lowest BCUT2D eigenvalue weighted by Crippen LogP contribution is -2.36. The van der Waals surface area contributed by atoms with Gasteiger partial charge in [0.25, 0.3) is 0 Å². The van der Waals surface area contributed by atoms with E-state index in [2.05, 4.69) is 35.0 Å². The molecule has 2 aliphatic rings. The smallest absolute Gasteiger partial charge is 0.323 e. The Bertz CT molecular complexity index is 1930. The third-order valence-corrected chi connectivity index (χ3v) is 9.39. The van der Waals surface area contributed by atoms with Crippen molar-refractivity contribution in [2.24, 2.45) is 0 Å². The number of fused-ring (bicyclic) bond motifs is 2. The quantitative estimate of drug-likeness (QED) is 0.142. The number of phenolic OH excluding ortho intramolecular Hbond substituents is 1. The number of nitrogens with zero attached hydrogens (tertiary/aromatic N) is 4. The van der Waals surface area contributed by atoms with Crippen LogP contribution in [0.15, 0.2) is 48.5 Å². The van der Waals surface area contributed by atoms with Gasteiger partial charge in [-0.25, -0.2) is 17.9 Å². The van der Waals surface area contributed by atoms with E-state index in [0.29, 0.717) is 30.2 Å². The molecular weight excluding hydrogens is 646 g/mol. The van der Waals surface area contributed by atoms with Crippen LogP contribution in [0.2, 0.25) is 0 Å². The third kappa shape index (κ3) is 7.82. The van der Waals surface area contributed by atoms with Gasteiger partial charge < -0.3 is 29.8 Å². The van der Waals surface area contributed by atoms with E-state index >= 15 is 0 Å². The number of hydrogen-bond donors (Lipinski definition) is 5. The fraction of sp³-hybridized carbons (Fsp3) is 0.400. The number of benzene rings is 3. The molecule has 14 heteroatoms. The summed E-state index contributed by atoms with van der Waals surface area (Å²) < 4.78 is 38.9. The molecule has 1 aliphatic carbocycles. The van der Waals surface area contributed by atoms with E-state index < -0.39 is 16.9 Å². The zero-order valence-corrected chi connectivity index (χ0v) is 29.1. The van der Waals surface area contributed by atoms with Crippen molar-refractivity contribution in [2.75, 3.05) is 37.4 Å². The molecule has 0 fully saturated rings. The molecule has 2 heterocycles. The molecule has 0 bridgehead atoms. The van der Waals surface area contributed by atoms with Gasteiger partial charge >= 0.3 is 6.03 Å². The number of urea groups is 1. The molecule has 4 aromatic rings. The Labute approximate surface area is 287 Å². The number of aromatic nitrogens is 3. The summed E-state index contributed by atoms with van der Waals surface area (Å²) in [6.07, 6.45) is 2.67. The third-order valence-electron chi connectivity index (χ3n) is 8.97. The van der Waals surface area contributed by atoms with Crippen molar-refractivity contribution in [3.05, 3.63) is 76.6 Å². The van der Waals surface area contributed by atoms with Gasteiger partial charge in [-0.2, -0.15) is 0 Å². The normalized spacial score (nSPS) is 14.4. The molecule has 4 N–H and O–H groups in total. The van der Waals surface area contributed by atoms with Crippen LogP contribution in [0.4, 0.5) is 16.2 Å². The number of phenols is 1. The summed E-state index contributed by atoms with van der Waals surface area (Å²) in [4.78, 5) is 15.6. The van der Waals surface area contributed by atoms with E-state index in [9.17, 15) is 18.3 Å². The number of ether oxygens (including phenoxy) is 2. The molecule has 0 spiro atoms. The summed E-state index contributed by atoms with van der Waals surface area (Å²) in [7, 11) is -1.31. The largest absolute Gasteiger partial charge is 0.508 e. The van der Waals surface area contributed by atoms with Crippen LogP contribution in [-0.4, -0.2) is 66.0 Å². The first-order chi connectivity index (χ1) is 23.5. The van der Waals surface area contributed by atoms with Crippen molar-refractivity contribution < 1.29 is 27.8 Å². The summed E-state index contributed by atoms with van der Waals surface area (Å²) >= 11 is 0. The minimum Gasteiger partial charge on any atom is -0.508 e. The summed E-state index contributed by atoms with van der Waals surface area (Å²) in [5.41, 5.74) is 5.49. The molecule has 0 saturated carbocycles. The number of aromatic hydroxyl groups is 1. The predicted octanol–water partition coefficient (Wildman–Crippen LogP) is 4.60. The Hall–Kier alpha value is -4.66. The van der Waals surface area contributed by atoms with Crippen molar-refractivity contribution >= 4 is 28.3 Å². The number of carbonyl (C=O) groups is 1. The summed E-state index contributed by atoms with van der Waals surface area (Å²) in [6.45, 7) is 9.65. The maximum absolute atomic E-state index is 13.4. The number of methoxy groups -OCH3 is 1. The van der Waals surface area contributed by atoms with E-state index in [-0.39, 0.29) is 17.7 Å². The molecule has 1 aliphatic heterocycles. The van der Waals surface area contributed by atoms with Crippen LogP contribution in [0.1, 0.15) is 55.3 Å². The van der Waals surface area contributed by atoms with Crippen LogP contribution in [0, 0.1) is 0 Å². The first-order valence-corrected chi connectivity index (χ1v) is 17.6. The van der Waals surface area contributed by atoms with Crippen molar-refractivity contribution in [1.29, 1.82) is 0 Å². The van der Waals surface area contributed by atoms with Gasteiger partial charge in [0.2, 0.25) is 10.9 Å². The topological polar surface area (TPSA) is 160 Å². The Kier molecular flexibility index (Phi) is 10.1. The summed E-state index contributed by atoms with van der Waals surface area (Å²) in [5.74, 6) is 3.07. The second kappa shape index (κ2) is 14.4. The molecule has 0 unspecified atom stereocenters. The van der Waals surface area contributed by atoms with E-state index in [4.69, 9.17) is 9.47 Å². The van der Waals surface area contributed by atoms with Gasteiger partial charge in [-0.3, -0.25) is 4.90 Å². The number of anilines is 2. The fourth-order valence-corrected chi connectivity index (χ4v) is 6.78. The number of amides is 2. The zero-order valence-electron chi connectivity index (χ0n) is 28.2. The Morgan fingerprint density at radius 3 is 2.55 bits per heavy atom. The van der Waals surface area contributed by atoms with E-state index in [1.165, 1.54) is 7.11 Å². The molecule has 2 amide bonds. The molecule has 1 aromatic heterocycles. The van der Waals surface area contributed by atoms with Crippen LogP contribution in [0.3, 0.4) is 0 Å². The SMILES string of the molecule is COc1c(CN[SH](=O)=O)cc(C(C)(C)C)cc1NC(=O)Nc1ccc(OCCN2CCn3c(nnc3-c3cccc(O)c3)C2)c2c1CCC2. The van der Waals surface area contributed by atoms with E-state index in [1.807, 2.05) is 51.1 Å². The Balaban J connectivity index is 1.09. The lowest BCUT2D eigenvalue weighted by molar-refractivity contribution is 0.174. The van der Waals surface area contributed by atoms with E-state index in [0.717, 1.165) is 84.2 Å². The van der Waals surface area contributed by atoms with Crippen molar-refractivity contribution in [2.45, 2.75) is 65.1 Å². The zero-order chi connectivity index (χ0) is 34.7. The fourth-order valence-electron chi connectivity index (χ4n) is 6.48. The monoisotopic (exact) mass is 689 g/mol. The van der Waals surface area contributed by atoms with E-state index in [1.54, 1.807) is 18.2 Å². The second-order valence-electron chi connectivity index (χ2n) is 13.3. The minimum atomic E-state index is -2.80. The van der Waals surface area contributed by atoms with Crippen LogP contribution in [-0.2, 0) is 48.8 Å². The highest BCUT2D eigenvalue weighted by atomic mass is 32.2. The number of carbonyl (C=O) groups excluding carboxylic acids is 1. The summed E-state index contributed by atoms with van der Waals surface area (Å²) in [6, 6.07) is 14.2. The highest BCUT2D eigenvalue weighted by Crippen LogP contribution is 2.38. The maximum Gasteiger partial charge on any atom is 0.323 e. The standard InChI is InChI=1S/C35H43N7O6S/c1-35(2,3)24-17-23(20-36-49(45)46)32(47-4)29(19-24)38-34(44)37-28-11-12-30(27-10-6-9-26(27)28)48-16-15-41-13-14-42-31(21-41)39-40-33(42)22-7-5-8-25(43)18-22/h5,7-8,11-12,17-19,43,49H,6,9-10,13-16,20-21H2,1-4H3,(H,36,45,46)(H2,37,38,44). The van der Waals surface area contributed by atoms with Crippen molar-refractivity contribution in [1.82, 2.24) is 24.4 Å². The van der Waals surface area contributed by atoms with Crippen LogP contribution in [0.25, 0.3) is 11.4 Å². The molecule has 0 saturated heterocycles. The average molecular weight is 690 g/mol. The molecule has 0 atom stereocenters. The lowest BCUT2D eigenvalue weighted by Gasteiger charge is -2.27. The highest BCUT2D eigenvalue weighted by molar-refractivity contribution is 7.70. The van der Waals surface area contributed by atoms with Gasteiger partial charge in [-0.15, -0.1) is 10.2 Å². The molecular formula is C35H43N7O6S. The molecule has 260 valence electrons. The van der Waals surface area contributed by atoms with Crippen LogP contribution >= 0.6 is 0 Å². The average Bonchev–Trinajstić information content (AvgIpc) is 3.72. The van der Waals surface area contributed by atoms with Crippen LogP contribution in [0.5, 0.6) is 17.2 Å². The number of nitrogens with one attached hydrogen (secondary N) is 3. The van der Waals surface area contributed by atoms with Crippen molar-refractivity contribution in [3.8, 4) is 28.6 Å². The predicted molar refractivity (Wildman–Crippen MR) is 188 cm³/mol. The lowest BCUT2D eigenvalue weighted by atomic mass is 9.85. The number of thiol groups is 1. The van der Waals surface area contributed by atoms with Gasteiger partial charge in [0.15, 0.2) is 5.82 Å². The summed E-state index contributed by atoms with van der Waals surface area (Å²) in [5, 5.41) is 24.6. The first kappa shape index (κ1) is 34.2. The molecule has 0 radical (unpaired) electrons. The van der Waals surface area contributed by atoms with Gasteiger partial charge in [0.05, 0.1) is 19.3 Å². The van der Waals surface area contributed by atoms with Crippen LogP contribution < -0.4 is 24.8 Å². The van der Waals surface area contributed by atoms with Crippen molar-refractivity contribution in [3.63, 3.8) is 0 Å². The first-order valence-electron chi connectivity index (χ1n) is 16.4. The number of hydrogen-bond acceptors (Lipinski definition) is 9. The number of rotatable bonds is 11. The maximum atomic E-state index is 13.4. The van der Waals surface area contributed by atoms with Gasteiger partial charge in [0, 0.05) is 43.0 Å². The Morgan fingerprint density at radius 2 is 1.80 bits per heavy atom. The molecule has 6 rings (SSSR count). The Morgan fingerprint density at radius 1 is 1.00 bits per heavy atom. The van der Waals surface area contributed by atoms with Gasteiger partial charge in [0.1, 0.15) is 29.7 Å². The molecule has 3 aromatic carbocycles. The van der Waals surface area contributed by atoms with Gasteiger partial charge in [-0.1, -0.05) is 39.0 Å². The van der Waals surface area contributed by atoms with Gasteiger partial charge in [-0.05, 0) is 71.7 Å². The minimum absolute atomic E-state index is 0.0394. The highest BCUT2D eigenvalue weighted by Gasteiger charge is 2.25. The molecule has 49 heavy (non-hydrogen) atoms. The molecule has 13 nitrogen and oxygen atoms in total. The second-order valence-corrected chi connectivity index (χ2v) is 14.2.